The van der Waals surface area contributed by atoms with Crippen LogP contribution in [-0.4, -0.2) is 13.6 Å². The van der Waals surface area contributed by atoms with Gasteiger partial charge in [0.15, 0.2) is 23.0 Å². The third kappa shape index (κ3) is 1.84. The van der Waals surface area contributed by atoms with Crippen LogP contribution in [0.2, 0.25) is 0 Å². The maximum atomic E-state index is 5.74. The lowest BCUT2D eigenvalue weighted by atomic mass is 9.72. The summed E-state index contributed by atoms with van der Waals surface area (Å²) in [5, 5.41) is 0. The van der Waals surface area contributed by atoms with Gasteiger partial charge in [0, 0.05) is 5.41 Å². The number of ether oxygens (including phenoxy) is 4. The standard InChI is InChI=1S/C23H24O4/c1-21(2)9-23(15-7-19-17(5-13(15)21)24-11-26-19)10-22(3,4)14-6-18-20(8-16(14)23)27-12-25-18/h5-8H,9-12H2,1-4H3. The van der Waals surface area contributed by atoms with Crippen molar-refractivity contribution < 1.29 is 18.9 Å². The number of fused-ring (bicyclic) bond motifs is 6. The van der Waals surface area contributed by atoms with Gasteiger partial charge in [0.1, 0.15) is 0 Å². The minimum Gasteiger partial charge on any atom is -0.454 e. The molecule has 6 rings (SSSR count). The molecule has 0 atom stereocenters. The molecule has 0 saturated heterocycles. The van der Waals surface area contributed by atoms with E-state index in [9.17, 15) is 0 Å². The summed E-state index contributed by atoms with van der Waals surface area (Å²) in [6.45, 7) is 10.0. The number of benzene rings is 2. The van der Waals surface area contributed by atoms with Gasteiger partial charge in [-0.3, -0.25) is 0 Å². The van der Waals surface area contributed by atoms with Crippen LogP contribution in [0.3, 0.4) is 0 Å². The van der Waals surface area contributed by atoms with E-state index in [1.54, 1.807) is 0 Å². The summed E-state index contributed by atoms with van der Waals surface area (Å²) in [4.78, 5) is 0. The van der Waals surface area contributed by atoms with Gasteiger partial charge in [0.05, 0.1) is 0 Å². The average Bonchev–Trinajstić information content (AvgIpc) is 3.32. The van der Waals surface area contributed by atoms with Crippen LogP contribution in [0.5, 0.6) is 23.0 Å². The van der Waals surface area contributed by atoms with E-state index in [1.807, 2.05) is 0 Å². The highest BCUT2D eigenvalue weighted by molar-refractivity contribution is 5.66. The van der Waals surface area contributed by atoms with Gasteiger partial charge >= 0.3 is 0 Å². The number of rotatable bonds is 0. The van der Waals surface area contributed by atoms with Gasteiger partial charge < -0.3 is 18.9 Å². The minimum atomic E-state index is -0.0281. The van der Waals surface area contributed by atoms with Crippen molar-refractivity contribution in [3.8, 4) is 23.0 Å². The molecule has 0 N–H and O–H groups in total. The van der Waals surface area contributed by atoms with Gasteiger partial charge in [0.25, 0.3) is 0 Å². The van der Waals surface area contributed by atoms with E-state index in [1.165, 1.54) is 22.3 Å². The molecule has 0 unspecified atom stereocenters. The predicted octanol–water partition coefficient (Wildman–Crippen LogP) is 4.79. The number of hydrogen-bond acceptors (Lipinski definition) is 4. The van der Waals surface area contributed by atoms with Gasteiger partial charge in [-0.1, -0.05) is 27.7 Å². The third-order valence-electron chi connectivity index (χ3n) is 7.00. The first kappa shape index (κ1) is 15.7. The van der Waals surface area contributed by atoms with E-state index >= 15 is 0 Å². The molecule has 0 amide bonds. The zero-order valence-corrected chi connectivity index (χ0v) is 16.3. The first-order chi connectivity index (χ1) is 12.8. The fourth-order valence-corrected chi connectivity index (χ4v) is 6.08. The van der Waals surface area contributed by atoms with Crippen molar-refractivity contribution in [1.29, 1.82) is 0 Å². The van der Waals surface area contributed by atoms with Gasteiger partial charge in [-0.05, 0) is 70.2 Å². The molecule has 2 aromatic carbocycles. The monoisotopic (exact) mass is 364 g/mol. The summed E-state index contributed by atoms with van der Waals surface area (Å²) in [5.41, 5.74) is 5.67. The Hall–Kier alpha value is -2.36. The van der Waals surface area contributed by atoms with Crippen LogP contribution in [0, 0.1) is 0 Å². The zero-order chi connectivity index (χ0) is 18.6. The van der Waals surface area contributed by atoms with E-state index in [0.29, 0.717) is 13.6 Å². The quantitative estimate of drug-likeness (QED) is 0.673. The highest BCUT2D eigenvalue weighted by atomic mass is 16.7. The van der Waals surface area contributed by atoms with E-state index in [0.717, 1.165) is 35.8 Å². The van der Waals surface area contributed by atoms with Crippen LogP contribution in [-0.2, 0) is 16.2 Å². The Balaban J connectivity index is 1.65. The zero-order valence-electron chi connectivity index (χ0n) is 16.3. The van der Waals surface area contributed by atoms with Crippen molar-refractivity contribution in [2.75, 3.05) is 13.6 Å². The Labute approximate surface area is 159 Å². The summed E-state index contributed by atoms with van der Waals surface area (Å²) >= 11 is 0. The summed E-state index contributed by atoms with van der Waals surface area (Å²) in [5.74, 6) is 3.50. The second-order valence-corrected chi connectivity index (χ2v) is 9.71. The molecule has 0 fully saturated rings. The lowest BCUT2D eigenvalue weighted by Crippen LogP contribution is -2.27. The Morgan fingerprint density at radius 2 is 0.889 bits per heavy atom. The minimum absolute atomic E-state index is 0.0281. The molecule has 4 heteroatoms. The van der Waals surface area contributed by atoms with Gasteiger partial charge in [-0.2, -0.15) is 0 Å². The van der Waals surface area contributed by atoms with Crippen LogP contribution in [0.1, 0.15) is 62.8 Å². The largest absolute Gasteiger partial charge is 0.454 e. The van der Waals surface area contributed by atoms with Crippen LogP contribution < -0.4 is 18.9 Å². The van der Waals surface area contributed by atoms with E-state index in [4.69, 9.17) is 18.9 Å². The first-order valence-corrected chi connectivity index (χ1v) is 9.69. The van der Waals surface area contributed by atoms with Crippen LogP contribution in [0.25, 0.3) is 0 Å². The van der Waals surface area contributed by atoms with Gasteiger partial charge in [0.2, 0.25) is 13.6 Å². The summed E-state index contributed by atoms with van der Waals surface area (Å²) in [6.07, 6.45) is 2.16. The fourth-order valence-electron chi connectivity index (χ4n) is 6.08. The van der Waals surface area contributed by atoms with Crippen LogP contribution >= 0.6 is 0 Å². The average molecular weight is 364 g/mol. The predicted molar refractivity (Wildman–Crippen MR) is 101 cm³/mol. The topological polar surface area (TPSA) is 36.9 Å². The van der Waals surface area contributed by atoms with Crippen LogP contribution in [0.4, 0.5) is 0 Å². The first-order valence-electron chi connectivity index (χ1n) is 9.69. The van der Waals surface area contributed by atoms with E-state index in [-0.39, 0.29) is 16.2 Å². The van der Waals surface area contributed by atoms with Crippen LogP contribution in [0.15, 0.2) is 24.3 Å². The molecule has 4 nitrogen and oxygen atoms in total. The third-order valence-corrected chi connectivity index (χ3v) is 7.00. The lowest BCUT2D eigenvalue weighted by molar-refractivity contribution is 0.173. The molecule has 27 heavy (non-hydrogen) atoms. The van der Waals surface area contributed by atoms with Crippen molar-refractivity contribution in [3.63, 3.8) is 0 Å². The van der Waals surface area contributed by atoms with Crippen molar-refractivity contribution in [3.05, 3.63) is 46.5 Å². The maximum absolute atomic E-state index is 5.74. The summed E-state index contributed by atoms with van der Waals surface area (Å²) in [6, 6.07) is 8.90. The molecular weight excluding hydrogens is 340 g/mol. The molecule has 0 radical (unpaired) electrons. The van der Waals surface area contributed by atoms with Crippen molar-refractivity contribution in [1.82, 2.24) is 0 Å². The van der Waals surface area contributed by atoms with Crippen molar-refractivity contribution >= 4 is 0 Å². The van der Waals surface area contributed by atoms with Crippen molar-refractivity contribution in [2.24, 2.45) is 0 Å². The molecule has 0 aromatic heterocycles. The smallest absolute Gasteiger partial charge is 0.231 e. The Morgan fingerprint density at radius 1 is 0.556 bits per heavy atom. The SMILES string of the molecule is CC1(C)CC2(CC(C)(C)c3cc4c(cc32)OCO4)c2cc3c(cc21)OCO3. The highest BCUT2D eigenvalue weighted by Gasteiger charge is 2.57. The van der Waals surface area contributed by atoms with E-state index < -0.39 is 0 Å². The van der Waals surface area contributed by atoms with Gasteiger partial charge in [-0.15, -0.1) is 0 Å². The summed E-state index contributed by atoms with van der Waals surface area (Å²) < 4.78 is 22.8. The normalized spacial score (nSPS) is 23.6. The molecule has 140 valence electrons. The molecular formula is C23H24O4. The second kappa shape index (κ2) is 4.54. The molecule has 2 aliphatic carbocycles. The van der Waals surface area contributed by atoms with E-state index in [2.05, 4.69) is 52.0 Å². The maximum Gasteiger partial charge on any atom is 0.231 e. The molecule has 4 aliphatic rings. The Morgan fingerprint density at radius 3 is 1.26 bits per heavy atom. The molecule has 1 spiro atoms. The molecule has 2 aromatic rings. The second-order valence-electron chi connectivity index (χ2n) is 9.71. The molecule has 0 bridgehead atoms. The molecule has 0 saturated carbocycles. The Bertz CT molecular complexity index is 920. The summed E-state index contributed by atoms with van der Waals surface area (Å²) in [7, 11) is 0. The fraction of sp³-hybridized carbons (Fsp3) is 0.478. The molecule has 2 heterocycles. The number of hydrogen-bond donors (Lipinski definition) is 0. The van der Waals surface area contributed by atoms with Gasteiger partial charge in [-0.25, -0.2) is 0 Å². The lowest BCUT2D eigenvalue weighted by Gasteiger charge is -2.30. The Kier molecular flexibility index (Phi) is 2.64. The van der Waals surface area contributed by atoms with Crippen molar-refractivity contribution in [2.45, 2.75) is 56.8 Å². The highest BCUT2D eigenvalue weighted by Crippen LogP contribution is 2.65. The molecule has 2 aliphatic heterocycles.